The van der Waals surface area contributed by atoms with Gasteiger partial charge in [-0.2, -0.15) is 26.3 Å². The molecule has 2 atom stereocenters. The van der Waals surface area contributed by atoms with Gasteiger partial charge in [-0.3, -0.25) is 9.59 Å². The van der Waals surface area contributed by atoms with Crippen LogP contribution in [0.4, 0.5) is 26.3 Å². The summed E-state index contributed by atoms with van der Waals surface area (Å²) >= 11 is 0. The van der Waals surface area contributed by atoms with E-state index in [9.17, 15) is 35.9 Å². The predicted octanol–water partition coefficient (Wildman–Crippen LogP) is 1.95. The van der Waals surface area contributed by atoms with Crippen molar-refractivity contribution in [2.45, 2.75) is 37.7 Å². The van der Waals surface area contributed by atoms with Crippen LogP contribution in [0.5, 0.6) is 0 Å². The van der Waals surface area contributed by atoms with E-state index in [4.69, 9.17) is 0 Å². The average Bonchev–Trinajstić information content (AvgIpc) is 2.42. The summed E-state index contributed by atoms with van der Waals surface area (Å²) in [6, 6.07) is -1.01. The number of carbonyl (C=O) groups is 2. The van der Waals surface area contributed by atoms with Gasteiger partial charge in [-0.25, -0.2) is 0 Å². The molecule has 2 rings (SSSR count). The van der Waals surface area contributed by atoms with E-state index in [1.165, 1.54) is 0 Å². The van der Waals surface area contributed by atoms with Crippen LogP contribution in [0.15, 0.2) is 0 Å². The Hall–Kier alpha value is -1.48. The number of rotatable bonds is 0. The van der Waals surface area contributed by atoms with E-state index in [-0.39, 0.29) is 25.4 Å². The van der Waals surface area contributed by atoms with Crippen molar-refractivity contribution >= 4 is 11.8 Å². The molecule has 2 amide bonds. The number of alkyl halides is 6. The van der Waals surface area contributed by atoms with E-state index in [1.807, 2.05) is 0 Å². The molecule has 0 aromatic rings. The third kappa shape index (κ3) is 3.30. The van der Waals surface area contributed by atoms with Gasteiger partial charge in [-0.15, -0.1) is 0 Å². The molecule has 2 saturated heterocycles. The van der Waals surface area contributed by atoms with Crippen LogP contribution in [0.3, 0.4) is 0 Å². The van der Waals surface area contributed by atoms with Crippen molar-refractivity contribution < 1.29 is 35.9 Å². The smallest absolute Gasteiger partial charge is 0.333 e. The predicted molar refractivity (Wildman–Crippen MR) is 61.5 cm³/mol. The molecule has 0 aliphatic carbocycles. The lowest BCUT2D eigenvalue weighted by Crippen LogP contribution is -2.61. The van der Waals surface area contributed by atoms with Crippen molar-refractivity contribution in [2.75, 3.05) is 19.6 Å². The number of hydrogen-bond donors (Lipinski definition) is 0. The van der Waals surface area contributed by atoms with Crippen LogP contribution in [-0.4, -0.2) is 59.6 Å². The Morgan fingerprint density at radius 1 is 0.864 bits per heavy atom. The minimum atomic E-state index is -5.07. The zero-order valence-electron chi connectivity index (χ0n) is 11.4. The van der Waals surface area contributed by atoms with Gasteiger partial charge in [0.25, 0.3) is 0 Å². The number of hydrogen-bond acceptors (Lipinski definition) is 2. The summed E-state index contributed by atoms with van der Waals surface area (Å²) in [5.41, 5.74) is 0. The first-order chi connectivity index (χ1) is 10.0. The normalized spacial score (nSPS) is 26.6. The molecule has 0 aromatic heterocycles. The number of amides is 2. The SMILES string of the molecule is O=C(N1CCC2CCCN(C(=O)C(F)(F)F)C2C1)C(F)(F)F. The Balaban J connectivity index is 2.16. The van der Waals surface area contributed by atoms with Crippen LogP contribution < -0.4 is 0 Å². The molecular formula is C12H14F6N2O2. The lowest BCUT2D eigenvalue weighted by molar-refractivity contribution is -0.197. The second kappa shape index (κ2) is 5.62. The third-order valence-electron chi connectivity index (χ3n) is 4.13. The van der Waals surface area contributed by atoms with Gasteiger partial charge >= 0.3 is 24.2 Å². The fourth-order valence-electron chi connectivity index (χ4n) is 3.14. The van der Waals surface area contributed by atoms with Crippen molar-refractivity contribution in [3.05, 3.63) is 0 Å². The molecule has 2 heterocycles. The Bertz CT molecular complexity index is 462. The van der Waals surface area contributed by atoms with Crippen LogP contribution in [0, 0.1) is 5.92 Å². The molecular weight excluding hydrogens is 318 g/mol. The molecule has 2 aliphatic rings. The number of nitrogens with zero attached hydrogens (tertiary/aromatic N) is 2. The lowest BCUT2D eigenvalue weighted by atomic mass is 9.83. The standard InChI is InChI=1S/C12H14F6N2O2/c13-11(14,15)9(21)19-5-3-7-2-1-4-20(8(7)6-19)10(22)12(16,17)18/h7-8H,1-6H2. The number of likely N-dealkylation sites (tertiary alicyclic amines) is 2. The molecule has 0 aromatic carbocycles. The Morgan fingerprint density at radius 2 is 1.45 bits per heavy atom. The largest absolute Gasteiger partial charge is 0.471 e. The van der Waals surface area contributed by atoms with Crippen molar-refractivity contribution in [3.63, 3.8) is 0 Å². The van der Waals surface area contributed by atoms with Crippen LogP contribution in [0.1, 0.15) is 19.3 Å². The molecule has 4 nitrogen and oxygen atoms in total. The first-order valence-corrected chi connectivity index (χ1v) is 6.75. The minimum absolute atomic E-state index is 0.159. The van der Waals surface area contributed by atoms with Crippen LogP contribution >= 0.6 is 0 Å². The maximum absolute atomic E-state index is 12.6. The molecule has 0 saturated carbocycles. The highest BCUT2D eigenvalue weighted by Gasteiger charge is 2.50. The van der Waals surface area contributed by atoms with E-state index < -0.39 is 36.8 Å². The van der Waals surface area contributed by atoms with Gasteiger partial charge in [0, 0.05) is 19.6 Å². The summed E-state index contributed by atoms with van der Waals surface area (Å²) in [5, 5.41) is 0. The molecule has 2 fully saturated rings. The molecule has 0 spiro atoms. The zero-order chi connectivity index (χ0) is 16.7. The van der Waals surface area contributed by atoms with Crippen molar-refractivity contribution in [2.24, 2.45) is 5.92 Å². The number of carbonyl (C=O) groups excluding carboxylic acids is 2. The highest BCUT2D eigenvalue weighted by atomic mass is 19.4. The molecule has 10 heteroatoms. The highest BCUT2D eigenvalue weighted by Crippen LogP contribution is 2.34. The second-order valence-corrected chi connectivity index (χ2v) is 5.50. The number of piperidine rings is 2. The maximum Gasteiger partial charge on any atom is 0.471 e. The van der Waals surface area contributed by atoms with E-state index in [0.29, 0.717) is 22.6 Å². The highest BCUT2D eigenvalue weighted by molar-refractivity contribution is 5.83. The van der Waals surface area contributed by atoms with Gasteiger partial charge in [0.2, 0.25) is 0 Å². The molecule has 2 unspecified atom stereocenters. The molecule has 126 valence electrons. The minimum Gasteiger partial charge on any atom is -0.333 e. The van der Waals surface area contributed by atoms with Crippen molar-refractivity contribution in [1.82, 2.24) is 9.80 Å². The summed E-state index contributed by atoms with van der Waals surface area (Å²) in [7, 11) is 0. The Kier molecular flexibility index (Phi) is 4.31. The van der Waals surface area contributed by atoms with Gasteiger partial charge in [0.05, 0.1) is 6.04 Å². The first kappa shape index (κ1) is 16.9. The van der Waals surface area contributed by atoms with Crippen molar-refractivity contribution in [1.29, 1.82) is 0 Å². The van der Waals surface area contributed by atoms with E-state index in [1.54, 1.807) is 0 Å². The van der Waals surface area contributed by atoms with Crippen LogP contribution in [0.25, 0.3) is 0 Å². The summed E-state index contributed by atoms with van der Waals surface area (Å²) in [6.45, 7) is -0.827. The fourth-order valence-corrected chi connectivity index (χ4v) is 3.14. The molecule has 22 heavy (non-hydrogen) atoms. The van der Waals surface area contributed by atoms with E-state index >= 15 is 0 Å². The van der Waals surface area contributed by atoms with Gasteiger partial charge in [-0.05, 0) is 25.2 Å². The van der Waals surface area contributed by atoms with Crippen molar-refractivity contribution in [3.8, 4) is 0 Å². The van der Waals surface area contributed by atoms with Gasteiger partial charge in [0.15, 0.2) is 0 Å². The molecule has 0 N–H and O–H groups in total. The van der Waals surface area contributed by atoms with Gasteiger partial charge in [0.1, 0.15) is 0 Å². The maximum atomic E-state index is 12.6. The summed E-state index contributed by atoms with van der Waals surface area (Å²) in [5.74, 6) is -4.43. The lowest BCUT2D eigenvalue weighted by Gasteiger charge is -2.47. The monoisotopic (exact) mass is 332 g/mol. The van der Waals surface area contributed by atoms with Crippen LogP contribution in [-0.2, 0) is 9.59 Å². The fraction of sp³-hybridized carbons (Fsp3) is 0.833. The van der Waals surface area contributed by atoms with E-state index in [2.05, 4.69) is 0 Å². The Morgan fingerprint density at radius 3 is 2.00 bits per heavy atom. The molecule has 0 bridgehead atoms. The van der Waals surface area contributed by atoms with Gasteiger partial charge < -0.3 is 9.80 Å². The zero-order valence-corrected chi connectivity index (χ0v) is 11.4. The summed E-state index contributed by atoms with van der Waals surface area (Å²) in [6.07, 6.45) is -9.07. The third-order valence-corrected chi connectivity index (χ3v) is 4.13. The van der Waals surface area contributed by atoms with Gasteiger partial charge in [-0.1, -0.05) is 0 Å². The second-order valence-electron chi connectivity index (χ2n) is 5.50. The number of halogens is 6. The van der Waals surface area contributed by atoms with Crippen LogP contribution in [0.2, 0.25) is 0 Å². The number of fused-ring (bicyclic) bond motifs is 1. The average molecular weight is 332 g/mol. The molecule has 0 radical (unpaired) electrons. The summed E-state index contributed by atoms with van der Waals surface area (Å²) in [4.78, 5) is 23.7. The quantitative estimate of drug-likeness (QED) is 0.636. The Labute approximate surface area is 122 Å². The summed E-state index contributed by atoms with van der Waals surface area (Å²) < 4.78 is 75.1. The van der Waals surface area contributed by atoms with E-state index in [0.717, 1.165) is 0 Å². The molecule has 2 aliphatic heterocycles. The topological polar surface area (TPSA) is 40.6 Å². The first-order valence-electron chi connectivity index (χ1n) is 6.75.